The van der Waals surface area contributed by atoms with E-state index in [4.69, 9.17) is 14.7 Å². The number of hydrogen-bond acceptors (Lipinski definition) is 6. The van der Waals surface area contributed by atoms with Crippen LogP contribution in [0.15, 0.2) is 9.32 Å². The summed E-state index contributed by atoms with van der Waals surface area (Å²) in [6.07, 6.45) is 0. The van der Waals surface area contributed by atoms with Gasteiger partial charge in [0.2, 0.25) is 0 Å². The first kappa shape index (κ1) is 13.2. The molecule has 2 rings (SSSR count). The van der Waals surface area contributed by atoms with Crippen LogP contribution in [0, 0.1) is 12.8 Å². The second-order valence-corrected chi connectivity index (χ2v) is 4.39. The van der Waals surface area contributed by atoms with Gasteiger partial charge in [0.15, 0.2) is 11.2 Å². The Morgan fingerprint density at radius 3 is 2.79 bits per heavy atom. The van der Waals surface area contributed by atoms with Crippen molar-refractivity contribution in [1.82, 2.24) is 14.9 Å². The van der Waals surface area contributed by atoms with E-state index >= 15 is 0 Å². The first-order valence-corrected chi connectivity index (χ1v) is 5.67. The number of rotatable bonds is 4. The van der Waals surface area contributed by atoms with Gasteiger partial charge in [-0.2, -0.15) is 5.10 Å². The highest BCUT2D eigenvalue weighted by Gasteiger charge is 2.22. The number of carbonyl (C=O) groups is 1. The van der Waals surface area contributed by atoms with E-state index < -0.39 is 11.5 Å². The van der Waals surface area contributed by atoms with Gasteiger partial charge < -0.3 is 14.7 Å². The molecule has 8 heteroatoms. The molecule has 0 saturated heterocycles. The zero-order chi connectivity index (χ0) is 14.2. The summed E-state index contributed by atoms with van der Waals surface area (Å²) < 4.78 is 5.85. The molecule has 2 aromatic rings. The minimum atomic E-state index is -1.26. The number of carboxylic acids is 1. The quantitative estimate of drug-likeness (QED) is 0.801. The molecule has 0 aliphatic rings. The Balaban J connectivity index is 2.71. The normalized spacial score (nSPS) is 12.8. The Morgan fingerprint density at radius 1 is 1.53 bits per heavy atom. The molecule has 19 heavy (non-hydrogen) atoms. The lowest BCUT2D eigenvalue weighted by atomic mass is 10.2. The van der Waals surface area contributed by atoms with Crippen molar-refractivity contribution < 1.29 is 19.5 Å². The van der Waals surface area contributed by atoms with Crippen molar-refractivity contribution in [2.75, 3.05) is 6.61 Å². The third-order valence-electron chi connectivity index (χ3n) is 2.76. The molecule has 0 aromatic carbocycles. The number of carboxylic acid groups (broad SMARTS) is 1. The highest BCUT2D eigenvalue weighted by atomic mass is 16.5. The summed E-state index contributed by atoms with van der Waals surface area (Å²) in [5.41, 5.74) is -0.870. The molecule has 2 N–H and O–H groups in total. The van der Waals surface area contributed by atoms with Gasteiger partial charge in [-0.1, -0.05) is 12.1 Å². The number of aryl methyl sites for hydroxylation is 1. The molecular formula is C11H13N3O5. The molecule has 8 nitrogen and oxygen atoms in total. The number of nitrogens with zero attached hydrogens (tertiary/aromatic N) is 3. The highest BCUT2D eigenvalue weighted by Crippen LogP contribution is 2.17. The Hall–Kier alpha value is -2.22. The lowest BCUT2D eigenvalue weighted by Gasteiger charge is -2.10. The molecule has 2 heterocycles. The van der Waals surface area contributed by atoms with Gasteiger partial charge in [-0.05, 0) is 12.8 Å². The van der Waals surface area contributed by atoms with Gasteiger partial charge >= 0.3 is 5.97 Å². The zero-order valence-corrected chi connectivity index (χ0v) is 10.5. The van der Waals surface area contributed by atoms with Crippen molar-refractivity contribution in [2.24, 2.45) is 5.92 Å². The van der Waals surface area contributed by atoms with Gasteiger partial charge in [-0.25, -0.2) is 9.48 Å². The van der Waals surface area contributed by atoms with E-state index in [1.807, 2.05) is 0 Å². The molecule has 102 valence electrons. The Kier molecular flexibility index (Phi) is 3.34. The van der Waals surface area contributed by atoms with Gasteiger partial charge in [0, 0.05) is 13.2 Å². The van der Waals surface area contributed by atoms with Crippen LogP contribution in [-0.2, 0) is 6.54 Å². The smallest absolute Gasteiger partial charge is 0.357 e. The lowest BCUT2D eigenvalue weighted by Crippen LogP contribution is -2.29. The molecule has 0 bridgehead atoms. The Labute approximate surface area is 107 Å². The van der Waals surface area contributed by atoms with Crippen LogP contribution in [0.2, 0.25) is 0 Å². The Bertz CT molecular complexity index is 687. The molecular weight excluding hydrogens is 254 g/mol. The third kappa shape index (κ3) is 2.22. The summed E-state index contributed by atoms with van der Waals surface area (Å²) in [4.78, 5) is 23.3. The molecule has 0 aliphatic heterocycles. The van der Waals surface area contributed by atoms with Gasteiger partial charge in [-0.3, -0.25) is 4.79 Å². The van der Waals surface area contributed by atoms with Crippen LogP contribution < -0.4 is 5.56 Å². The number of hydrogen-bond donors (Lipinski definition) is 2. The van der Waals surface area contributed by atoms with Crippen LogP contribution in [0.25, 0.3) is 10.9 Å². The van der Waals surface area contributed by atoms with Crippen LogP contribution in [0.5, 0.6) is 0 Å². The van der Waals surface area contributed by atoms with Gasteiger partial charge in [0.25, 0.3) is 5.56 Å². The molecule has 1 atom stereocenters. The number of fused-ring (bicyclic) bond motifs is 1. The van der Waals surface area contributed by atoms with E-state index in [2.05, 4.69) is 10.3 Å². The molecule has 2 aromatic heterocycles. The van der Waals surface area contributed by atoms with Crippen molar-refractivity contribution in [3.8, 4) is 0 Å². The maximum Gasteiger partial charge on any atom is 0.357 e. The maximum atomic E-state index is 12.1. The first-order chi connectivity index (χ1) is 8.95. The predicted molar refractivity (Wildman–Crippen MR) is 64.0 cm³/mol. The second kappa shape index (κ2) is 4.81. The fraction of sp³-hybridized carbons (Fsp3) is 0.455. The van der Waals surface area contributed by atoms with Gasteiger partial charge in [0.05, 0.1) is 5.39 Å². The van der Waals surface area contributed by atoms with Crippen LogP contribution in [0.3, 0.4) is 0 Å². The predicted octanol–water partition coefficient (Wildman–Crippen LogP) is 0.0195. The molecule has 0 saturated carbocycles. The van der Waals surface area contributed by atoms with E-state index in [-0.39, 0.29) is 41.4 Å². The highest BCUT2D eigenvalue weighted by molar-refractivity contribution is 6.00. The number of aliphatic hydroxyl groups is 1. The molecule has 0 amide bonds. The van der Waals surface area contributed by atoms with Crippen molar-refractivity contribution >= 4 is 16.9 Å². The summed E-state index contributed by atoms with van der Waals surface area (Å²) in [5.74, 6) is -1.25. The standard InChI is InChI=1S/C11H13N3O5/c1-5(4-15)3-14-10(16)8-7(6(2)19-13-8)9(12-14)11(17)18/h5,15H,3-4H2,1-2H3,(H,17,18). The maximum absolute atomic E-state index is 12.1. The van der Waals surface area contributed by atoms with E-state index in [0.717, 1.165) is 4.68 Å². The SMILES string of the molecule is Cc1onc2c(=O)n(CC(C)CO)nc(C(=O)O)c12. The number of aromatic carboxylic acids is 1. The summed E-state index contributed by atoms with van der Waals surface area (Å²) in [6, 6.07) is 0. The summed E-state index contributed by atoms with van der Waals surface area (Å²) in [5, 5.41) is 25.6. The van der Waals surface area contributed by atoms with Crippen molar-refractivity contribution in [2.45, 2.75) is 20.4 Å². The number of aromatic nitrogens is 3. The van der Waals surface area contributed by atoms with E-state index in [0.29, 0.717) is 0 Å². The van der Waals surface area contributed by atoms with Gasteiger partial charge in [-0.15, -0.1) is 0 Å². The topological polar surface area (TPSA) is 118 Å². The van der Waals surface area contributed by atoms with E-state index in [1.165, 1.54) is 6.92 Å². The fourth-order valence-corrected chi connectivity index (χ4v) is 1.76. The number of aliphatic hydroxyl groups excluding tert-OH is 1. The average molecular weight is 267 g/mol. The monoisotopic (exact) mass is 267 g/mol. The molecule has 0 fully saturated rings. The van der Waals surface area contributed by atoms with Crippen LogP contribution in [0.1, 0.15) is 23.2 Å². The van der Waals surface area contributed by atoms with Crippen molar-refractivity contribution in [3.63, 3.8) is 0 Å². The minimum absolute atomic E-state index is 0.0601. The molecule has 0 aliphatic carbocycles. The largest absolute Gasteiger partial charge is 0.476 e. The van der Waals surface area contributed by atoms with E-state index in [9.17, 15) is 9.59 Å². The zero-order valence-electron chi connectivity index (χ0n) is 10.5. The third-order valence-corrected chi connectivity index (χ3v) is 2.76. The first-order valence-electron chi connectivity index (χ1n) is 5.67. The fourth-order valence-electron chi connectivity index (χ4n) is 1.76. The lowest BCUT2D eigenvalue weighted by molar-refractivity contribution is 0.0689. The molecule has 0 radical (unpaired) electrons. The minimum Gasteiger partial charge on any atom is -0.476 e. The van der Waals surface area contributed by atoms with Crippen molar-refractivity contribution in [3.05, 3.63) is 21.8 Å². The van der Waals surface area contributed by atoms with Crippen LogP contribution in [-0.4, -0.2) is 37.7 Å². The van der Waals surface area contributed by atoms with Crippen LogP contribution >= 0.6 is 0 Å². The van der Waals surface area contributed by atoms with E-state index in [1.54, 1.807) is 6.92 Å². The summed E-state index contributed by atoms with van der Waals surface area (Å²) >= 11 is 0. The average Bonchev–Trinajstić information content (AvgIpc) is 2.75. The summed E-state index contributed by atoms with van der Waals surface area (Å²) in [6.45, 7) is 3.21. The molecule has 0 spiro atoms. The molecule has 1 unspecified atom stereocenters. The van der Waals surface area contributed by atoms with Gasteiger partial charge in [0.1, 0.15) is 5.76 Å². The Morgan fingerprint density at radius 2 is 2.21 bits per heavy atom. The second-order valence-electron chi connectivity index (χ2n) is 4.39. The van der Waals surface area contributed by atoms with Crippen molar-refractivity contribution in [1.29, 1.82) is 0 Å². The summed E-state index contributed by atoms with van der Waals surface area (Å²) in [7, 11) is 0. The van der Waals surface area contributed by atoms with Crippen LogP contribution in [0.4, 0.5) is 0 Å².